The molecule has 0 saturated carbocycles. The van der Waals surface area contributed by atoms with Crippen LogP contribution in [-0.4, -0.2) is 20.2 Å². The standard InChI is InChI=1S/C11H17I3N4/c1-2-3-4-5-6-7-10-15-16-17-18(10)8-9(12)11(13)14/h2-8H2,1H3. The van der Waals surface area contributed by atoms with Gasteiger partial charge in [0, 0.05) is 10.0 Å². The van der Waals surface area contributed by atoms with E-state index in [1.807, 2.05) is 4.68 Å². The van der Waals surface area contributed by atoms with Crippen molar-refractivity contribution in [1.29, 1.82) is 0 Å². The summed E-state index contributed by atoms with van der Waals surface area (Å²) in [6, 6.07) is 0. The van der Waals surface area contributed by atoms with Gasteiger partial charge in [-0.2, -0.15) is 0 Å². The largest absolute Gasteiger partial charge is 0.225 e. The zero-order valence-corrected chi connectivity index (χ0v) is 16.8. The van der Waals surface area contributed by atoms with E-state index in [0.29, 0.717) is 0 Å². The van der Waals surface area contributed by atoms with Gasteiger partial charge in [0.25, 0.3) is 0 Å². The van der Waals surface area contributed by atoms with E-state index in [9.17, 15) is 0 Å². The average molecular weight is 586 g/mol. The van der Waals surface area contributed by atoms with E-state index in [2.05, 4.69) is 90.2 Å². The second-order valence-electron chi connectivity index (χ2n) is 4.08. The maximum atomic E-state index is 4.12. The summed E-state index contributed by atoms with van der Waals surface area (Å²) in [7, 11) is 0. The summed E-state index contributed by atoms with van der Waals surface area (Å²) < 4.78 is 4.47. The fourth-order valence-electron chi connectivity index (χ4n) is 1.60. The molecule has 0 spiro atoms. The highest BCUT2D eigenvalue weighted by molar-refractivity contribution is 14.2. The molecule has 0 saturated heterocycles. The predicted molar refractivity (Wildman–Crippen MR) is 99.4 cm³/mol. The van der Waals surface area contributed by atoms with Gasteiger partial charge in [-0.15, -0.1) is 5.10 Å². The molecule has 0 aliphatic heterocycles. The Morgan fingerprint density at radius 1 is 1.11 bits per heavy atom. The molecule has 0 bridgehead atoms. The summed E-state index contributed by atoms with van der Waals surface area (Å²) in [5.74, 6) is 1.01. The molecule has 1 heterocycles. The zero-order valence-electron chi connectivity index (χ0n) is 10.4. The summed E-state index contributed by atoms with van der Waals surface area (Å²) in [6.45, 7) is 3.03. The number of nitrogens with zero attached hydrogens (tertiary/aromatic N) is 4. The Kier molecular flexibility index (Phi) is 9.32. The minimum absolute atomic E-state index is 0.791. The van der Waals surface area contributed by atoms with Crippen molar-refractivity contribution in [3.8, 4) is 0 Å². The first-order valence-corrected chi connectivity index (χ1v) is 9.33. The summed E-state index contributed by atoms with van der Waals surface area (Å²) in [5.41, 5.74) is 0. The fraction of sp³-hybridized carbons (Fsp3) is 0.727. The Balaban J connectivity index is 2.43. The second-order valence-corrected chi connectivity index (χ2v) is 9.61. The van der Waals surface area contributed by atoms with Crippen LogP contribution in [0.3, 0.4) is 0 Å². The van der Waals surface area contributed by atoms with Gasteiger partial charge in [0.05, 0.1) is 8.13 Å². The molecule has 0 radical (unpaired) electrons. The van der Waals surface area contributed by atoms with Crippen LogP contribution in [0.2, 0.25) is 0 Å². The van der Waals surface area contributed by atoms with Gasteiger partial charge in [-0.3, -0.25) is 0 Å². The highest BCUT2D eigenvalue weighted by Crippen LogP contribution is 2.26. The molecule has 18 heavy (non-hydrogen) atoms. The number of aryl methyl sites for hydroxylation is 1. The number of hydrogen-bond acceptors (Lipinski definition) is 3. The van der Waals surface area contributed by atoms with Crippen LogP contribution in [0.15, 0.2) is 5.17 Å². The van der Waals surface area contributed by atoms with Crippen LogP contribution in [0.4, 0.5) is 0 Å². The Hall–Kier alpha value is 1.000. The quantitative estimate of drug-likeness (QED) is 0.329. The van der Waals surface area contributed by atoms with Crippen LogP contribution in [0.25, 0.3) is 0 Å². The third-order valence-corrected chi connectivity index (χ3v) is 6.85. The number of aromatic nitrogens is 4. The van der Waals surface area contributed by atoms with Gasteiger partial charge in [0.1, 0.15) is 0 Å². The molecule has 0 amide bonds. The topological polar surface area (TPSA) is 43.6 Å². The molecule has 0 N–H and O–H groups in total. The molecule has 0 atom stereocenters. The van der Waals surface area contributed by atoms with E-state index >= 15 is 0 Å². The second kappa shape index (κ2) is 9.83. The number of rotatable bonds is 8. The zero-order chi connectivity index (χ0) is 13.4. The third-order valence-electron chi connectivity index (χ3n) is 2.60. The van der Waals surface area contributed by atoms with E-state index in [0.717, 1.165) is 18.8 Å². The monoisotopic (exact) mass is 586 g/mol. The van der Waals surface area contributed by atoms with E-state index in [4.69, 9.17) is 0 Å². The fourth-order valence-corrected chi connectivity index (χ4v) is 2.27. The van der Waals surface area contributed by atoms with Crippen molar-refractivity contribution in [3.05, 3.63) is 11.0 Å². The maximum Gasteiger partial charge on any atom is 0.151 e. The average Bonchev–Trinajstić information content (AvgIpc) is 2.76. The van der Waals surface area contributed by atoms with E-state index in [1.165, 1.54) is 37.3 Å². The van der Waals surface area contributed by atoms with Crippen molar-refractivity contribution in [2.45, 2.75) is 52.0 Å². The first-order valence-electron chi connectivity index (χ1n) is 6.09. The third kappa shape index (κ3) is 6.44. The highest BCUT2D eigenvalue weighted by Gasteiger charge is 2.08. The lowest BCUT2D eigenvalue weighted by molar-refractivity contribution is 0.585. The first-order chi connectivity index (χ1) is 8.65. The molecule has 7 heteroatoms. The molecule has 0 unspecified atom stereocenters. The first kappa shape index (κ1) is 17.1. The summed E-state index contributed by atoms with van der Waals surface area (Å²) in [5, 5.41) is 12.0. The Morgan fingerprint density at radius 3 is 2.50 bits per heavy atom. The number of hydrogen-bond donors (Lipinski definition) is 0. The van der Waals surface area contributed by atoms with Crippen LogP contribution in [-0.2, 0) is 13.0 Å². The molecule has 102 valence electrons. The summed E-state index contributed by atoms with van der Waals surface area (Å²) >= 11 is 7.01. The number of allylic oxidation sites excluding steroid dienone is 1. The smallest absolute Gasteiger partial charge is 0.151 e. The van der Waals surface area contributed by atoms with Crippen LogP contribution in [0.5, 0.6) is 0 Å². The van der Waals surface area contributed by atoms with Gasteiger partial charge in [-0.05, 0) is 84.6 Å². The summed E-state index contributed by atoms with van der Waals surface area (Å²) in [6.07, 6.45) is 7.38. The van der Waals surface area contributed by atoms with Gasteiger partial charge in [-0.1, -0.05) is 32.6 Å². The van der Waals surface area contributed by atoms with E-state index < -0.39 is 0 Å². The minimum atomic E-state index is 0.791. The van der Waals surface area contributed by atoms with Crippen LogP contribution >= 0.6 is 67.8 Å². The highest BCUT2D eigenvalue weighted by atomic mass is 127. The Bertz CT molecular complexity index is 385. The van der Waals surface area contributed by atoms with Crippen molar-refractivity contribution in [1.82, 2.24) is 20.2 Å². The molecular weight excluding hydrogens is 569 g/mol. The van der Waals surface area contributed by atoms with Crippen molar-refractivity contribution in [2.24, 2.45) is 0 Å². The van der Waals surface area contributed by atoms with Crippen LogP contribution < -0.4 is 0 Å². The lowest BCUT2D eigenvalue weighted by Crippen LogP contribution is -2.06. The van der Waals surface area contributed by atoms with Crippen LogP contribution in [0, 0.1) is 0 Å². The lowest BCUT2D eigenvalue weighted by atomic mass is 10.1. The van der Waals surface area contributed by atoms with Crippen molar-refractivity contribution >= 4 is 67.8 Å². The molecule has 0 aliphatic rings. The van der Waals surface area contributed by atoms with E-state index in [1.54, 1.807) is 0 Å². The molecule has 4 nitrogen and oxygen atoms in total. The number of tetrazole rings is 1. The molecule has 0 fully saturated rings. The van der Waals surface area contributed by atoms with Gasteiger partial charge in [0.2, 0.25) is 0 Å². The molecular formula is C11H17I3N4. The van der Waals surface area contributed by atoms with Crippen molar-refractivity contribution in [3.63, 3.8) is 0 Å². The molecule has 1 aromatic rings. The normalized spacial score (nSPS) is 10.7. The Labute approximate surface area is 149 Å². The Morgan fingerprint density at radius 2 is 1.83 bits per heavy atom. The number of unbranched alkanes of at least 4 members (excludes halogenated alkanes) is 4. The van der Waals surface area contributed by atoms with Gasteiger partial charge in [-0.25, -0.2) is 4.68 Å². The van der Waals surface area contributed by atoms with Gasteiger partial charge in [0.15, 0.2) is 5.82 Å². The molecule has 1 aromatic heterocycles. The lowest BCUT2D eigenvalue weighted by Gasteiger charge is -2.04. The molecule has 0 aliphatic carbocycles. The van der Waals surface area contributed by atoms with E-state index in [-0.39, 0.29) is 0 Å². The van der Waals surface area contributed by atoms with Gasteiger partial charge < -0.3 is 0 Å². The molecule has 1 rings (SSSR count). The maximum absolute atomic E-state index is 4.12. The SMILES string of the molecule is CCCCCCCc1nnnn1CC(I)=C(I)I. The van der Waals surface area contributed by atoms with Crippen molar-refractivity contribution < 1.29 is 0 Å². The van der Waals surface area contributed by atoms with Crippen LogP contribution in [0.1, 0.15) is 44.9 Å². The molecule has 0 aromatic carbocycles. The number of halogens is 3. The van der Waals surface area contributed by atoms with Crippen molar-refractivity contribution in [2.75, 3.05) is 0 Å². The summed E-state index contributed by atoms with van der Waals surface area (Å²) in [4.78, 5) is 0. The minimum Gasteiger partial charge on any atom is -0.225 e. The van der Waals surface area contributed by atoms with Gasteiger partial charge >= 0.3 is 0 Å². The predicted octanol–water partition coefficient (Wildman–Crippen LogP) is 4.66.